The van der Waals surface area contributed by atoms with Crippen LogP contribution < -0.4 is 0 Å². The molecule has 0 radical (unpaired) electrons. The Morgan fingerprint density at radius 1 is 1.05 bits per heavy atom. The lowest BCUT2D eigenvalue weighted by atomic mass is 10.2. The molecule has 0 fully saturated rings. The molecule has 21 heavy (non-hydrogen) atoms. The number of para-hydroxylation sites is 1. The first kappa shape index (κ1) is 14.6. The van der Waals surface area contributed by atoms with E-state index in [-0.39, 0.29) is 21.6 Å². The van der Waals surface area contributed by atoms with Crippen LogP contribution >= 0.6 is 34.8 Å². The normalized spacial score (nSPS) is 11.3. The molecule has 3 rings (SSSR count). The molecular formula is C14H7Cl3F2N2. The fourth-order valence-corrected chi connectivity index (χ4v) is 2.75. The SMILES string of the molecule is Fc1cc2nc(CCl)n(-c3c(F)cccc3Cl)c2cc1Cl. The number of hydrogen-bond acceptors (Lipinski definition) is 1. The maximum Gasteiger partial charge on any atom is 0.148 e. The average molecular weight is 348 g/mol. The number of rotatable bonds is 2. The third kappa shape index (κ3) is 2.37. The average Bonchev–Trinajstić information content (AvgIpc) is 2.77. The summed E-state index contributed by atoms with van der Waals surface area (Å²) in [5, 5.41) is 0.110. The monoisotopic (exact) mass is 346 g/mol. The summed E-state index contributed by atoms with van der Waals surface area (Å²) < 4.78 is 29.1. The van der Waals surface area contributed by atoms with Crippen LogP contribution in [0.5, 0.6) is 0 Å². The van der Waals surface area contributed by atoms with Gasteiger partial charge in [-0.3, -0.25) is 4.57 Å². The molecule has 2 aromatic carbocycles. The molecule has 1 aromatic heterocycles. The van der Waals surface area contributed by atoms with Gasteiger partial charge in [0.25, 0.3) is 0 Å². The molecule has 7 heteroatoms. The summed E-state index contributed by atoms with van der Waals surface area (Å²) in [5.74, 6) is -0.776. The molecule has 0 amide bonds. The second kappa shape index (κ2) is 5.44. The van der Waals surface area contributed by atoms with Crippen molar-refractivity contribution in [3.05, 3.63) is 57.8 Å². The largest absolute Gasteiger partial charge is 0.291 e. The van der Waals surface area contributed by atoms with Crippen molar-refractivity contribution in [3.63, 3.8) is 0 Å². The highest BCUT2D eigenvalue weighted by Gasteiger charge is 2.19. The molecule has 0 saturated carbocycles. The molecule has 1 heterocycles. The zero-order valence-electron chi connectivity index (χ0n) is 10.4. The van der Waals surface area contributed by atoms with E-state index in [4.69, 9.17) is 34.8 Å². The van der Waals surface area contributed by atoms with E-state index in [1.54, 1.807) is 6.07 Å². The Bertz CT molecular complexity index is 826. The molecular weight excluding hydrogens is 341 g/mol. The Balaban J connectivity index is 2.43. The number of benzene rings is 2. The van der Waals surface area contributed by atoms with Crippen LogP contribution in [0.4, 0.5) is 8.78 Å². The predicted octanol–water partition coefficient (Wildman–Crippen LogP) is 5.35. The van der Waals surface area contributed by atoms with E-state index in [2.05, 4.69) is 4.98 Å². The highest BCUT2D eigenvalue weighted by atomic mass is 35.5. The van der Waals surface area contributed by atoms with Crippen molar-refractivity contribution in [2.24, 2.45) is 0 Å². The molecule has 3 aromatic rings. The molecule has 0 spiro atoms. The minimum absolute atomic E-state index is 0.0125. The Morgan fingerprint density at radius 2 is 1.81 bits per heavy atom. The van der Waals surface area contributed by atoms with Crippen molar-refractivity contribution in [2.45, 2.75) is 5.88 Å². The van der Waals surface area contributed by atoms with E-state index in [0.717, 1.165) is 0 Å². The summed E-state index contributed by atoms with van der Waals surface area (Å²) in [7, 11) is 0. The fraction of sp³-hybridized carbons (Fsp3) is 0.0714. The third-order valence-corrected chi connectivity index (χ3v) is 3.88. The van der Waals surface area contributed by atoms with Crippen molar-refractivity contribution in [2.75, 3.05) is 0 Å². The summed E-state index contributed by atoms with van der Waals surface area (Å²) in [4.78, 5) is 4.20. The molecule has 0 aliphatic carbocycles. The minimum Gasteiger partial charge on any atom is -0.291 e. The molecule has 0 N–H and O–H groups in total. The first-order valence-electron chi connectivity index (χ1n) is 5.89. The molecule has 2 nitrogen and oxygen atoms in total. The molecule has 0 unspecified atom stereocenters. The lowest BCUT2D eigenvalue weighted by Gasteiger charge is -2.11. The van der Waals surface area contributed by atoms with Gasteiger partial charge in [0.1, 0.15) is 23.1 Å². The van der Waals surface area contributed by atoms with Crippen molar-refractivity contribution in [1.29, 1.82) is 0 Å². The number of imidazole rings is 1. The van der Waals surface area contributed by atoms with E-state index in [1.165, 1.54) is 28.8 Å². The quantitative estimate of drug-likeness (QED) is 0.571. The Labute approximate surface area is 133 Å². The Hall–Kier alpha value is -1.36. The summed E-state index contributed by atoms with van der Waals surface area (Å²) in [6.07, 6.45) is 0. The van der Waals surface area contributed by atoms with Crippen LogP contribution in [-0.4, -0.2) is 9.55 Å². The smallest absolute Gasteiger partial charge is 0.148 e. The van der Waals surface area contributed by atoms with E-state index < -0.39 is 11.6 Å². The van der Waals surface area contributed by atoms with Gasteiger partial charge in [0, 0.05) is 6.07 Å². The van der Waals surface area contributed by atoms with E-state index in [1.807, 2.05) is 0 Å². The zero-order valence-corrected chi connectivity index (χ0v) is 12.6. The molecule has 0 bridgehead atoms. The standard InChI is InChI=1S/C14H7Cl3F2N2/c15-6-13-20-11-5-10(19)8(17)4-12(11)21(13)14-7(16)2-1-3-9(14)18/h1-5H,6H2. The number of hydrogen-bond donors (Lipinski definition) is 0. The summed E-state index contributed by atoms with van der Waals surface area (Å²) in [5.41, 5.74) is 0.871. The van der Waals surface area contributed by atoms with E-state index >= 15 is 0 Å². The fourth-order valence-electron chi connectivity index (χ4n) is 2.16. The van der Waals surface area contributed by atoms with Crippen molar-refractivity contribution in [1.82, 2.24) is 9.55 Å². The minimum atomic E-state index is -0.602. The van der Waals surface area contributed by atoms with Crippen molar-refractivity contribution >= 4 is 45.8 Å². The second-order valence-corrected chi connectivity index (χ2v) is 5.40. The van der Waals surface area contributed by atoms with Crippen molar-refractivity contribution < 1.29 is 8.78 Å². The van der Waals surface area contributed by atoms with Gasteiger partial charge in [-0.1, -0.05) is 29.3 Å². The Morgan fingerprint density at radius 3 is 2.48 bits per heavy atom. The van der Waals surface area contributed by atoms with Crippen LogP contribution in [0, 0.1) is 11.6 Å². The first-order valence-corrected chi connectivity index (χ1v) is 7.18. The third-order valence-electron chi connectivity index (χ3n) is 3.05. The number of nitrogens with zero attached hydrogens (tertiary/aromatic N) is 2. The topological polar surface area (TPSA) is 17.8 Å². The van der Waals surface area contributed by atoms with Gasteiger partial charge in [0.2, 0.25) is 0 Å². The lowest BCUT2D eigenvalue weighted by Crippen LogP contribution is -2.03. The van der Waals surface area contributed by atoms with Crippen LogP contribution in [0.1, 0.15) is 5.82 Å². The molecule has 0 atom stereocenters. The number of alkyl halides is 1. The Kier molecular flexibility index (Phi) is 3.78. The number of fused-ring (bicyclic) bond motifs is 1. The van der Waals surface area contributed by atoms with Crippen LogP contribution in [0.3, 0.4) is 0 Å². The number of aromatic nitrogens is 2. The van der Waals surface area contributed by atoms with Crippen LogP contribution in [0.15, 0.2) is 30.3 Å². The van der Waals surface area contributed by atoms with Gasteiger partial charge < -0.3 is 0 Å². The molecule has 0 saturated heterocycles. The van der Waals surface area contributed by atoms with Gasteiger partial charge in [0.05, 0.1) is 27.0 Å². The maximum atomic E-state index is 14.2. The van der Waals surface area contributed by atoms with Gasteiger partial charge in [-0.25, -0.2) is 13.8 Å². The predicted molar refractivity (Wildman–Crippen MR) is 80.6 cm³/mol. The summed E-state index contributed by atoms with van der Waals surface area (Å²) in [6, 6.07) is 6.87. The van der Waals surface area contributed by atoms with Crippen LogP contribution in [0.2, 0.25) is 10.0 Å². The highest BCUT2D eigenvalue weighted by Crippen LogP contribution is 2.31. The van der Waals surface area contributed by atoms with E-state index in [9.17, 15) is 8.78 Å². The summed E-state index contributed by atoms with van der Waals surface area (Å²) >= 11 is 17.7. The summed E-state index contributed by atoms with van der Waals surface area (Å²) in [6.45, 7) is 0. The van der Waals surface area contributed by atoms with Gasteiger partial charge >= 0.3 is 0 Å². The van der Waals surface area contributed by atoms with Gasteiger partial charge in [-0.15, -0.1) is 11.6 Å². The van der Waals surface area contributed by atoms with Crippen molar-refractivity contribution in [3.8, 4) is 5.69 Å². The molecule has 0 aliphatic rings. The molecule has 0 aliphatic heterocycles. The highest BCUT2D eigenvalue weighted by molar-refractivity contribution is 6.32. The second-order valence-electron chi connectivity index (χ2n) is 4.32. The van der Waals surface area contributed by atoms with E-state index in [0.29, 0.717) is 16.9 Å². The van der Waals surface area contributed by atoms with Crippen LogP contribution in [0.25, 0.3) is 16.7 Å². The number of halogens is 5. The van der Waals surface area contributed by atoms with Crippen LogP contribution in [-0.2, 0) is 5.88 Å². The van der Waals surface area contributed by atoms with Gasteiger partial charge in [-0.05, 0) is 18.2 Å². The first-order chi connectivity index (χ1) is 10.0. The lowest BCUT2D eigenvalue weighted by molar-refractivity contribution is 0.618. The zero-order chi connectivity index (χ0) is 15.1. The maximum absolute atomic E-state index is 14.2. The molecule has 108 valence electrons. The van der Waals surface area contributed by atoms with Gasteiger partial charge in [-0.2, -0.15) is 0 Å². The van der Waals surface area contributed by atoms with Gasteiger partial charge in [0.15, 0.2) is 0 Å².